The van der Waals surface area contributed by atoms with E-state index in [0.717, 1.165) is 0 Å². The Bertz CT molecular complexity index is 681. The van der Waals surface area contributed by atoms with Gasteiger partial charge < -0.3 is 10.0 Å². The number of allylic oxidation sites excluding steroid dienone is 1. The molecule has 0 fully saturated rings. The van der Waals surface area contributed by atoms with Crippen LogP contribution in [0.1, 0.15) is 0 Å². The summed E-state index contributed by atoms with van der Waals surface area (Å²) in [6.07, 6.45) is 0.510. The number of benzene rings is 1. The topological polar surface area (TPSA) is 123 Å². The van der Waals surface area contributed by atoms with Gasteiger partial charge in [0.05, 0.1) is 22.9 Å². The average Bonchev–Trinajstić information content (AvgIpc) is 2.92. The zero-order valence-corrected chi connectivity index (χ0v) is 10.2. The predicted molar refractivity (Wildman–Crippen MR) is 68.1 cm³/mol. The molecule has 1 heterocycles. The van der Waals surface area contributed by atoms with E-state index in [4.69, 9.17) is 5.11 Å². The fourth-order valence-corrected chi connectivity index (χ4v) is 1.79. The molecule has 2 aromatic rings. The molecule has 0 saturated carbocycles. The van der Waals surface area contributed by atoms with Gasteiger partial charge in [0, 0.05) is 12.6 Å². The number of nitro benzene ring substituents is 1. The quantitative estimate of drug-likeness (QED) is 0.353. The maximum absolute atomic E-state index is 10.9. The van der Waals surface area contributed by atoms with Crippen LogP contribution < -0.4 is 4.90 Å². The molecular weight excluding hydrogens is 268 g/mol. The summed E-state index contributed by atoms with van der Waals surface area (Å²) in [4.78, 5) is 22.5. The van der Waals surface area contributed by atoms with Crippen LogP contribution in [0.25, 0.3) is 11.0 Å². The Morgan fingerprint density at radius 3 is 2.80 bits per heavy atom. The second kappa shape index (κ2) is 5.45. The fraction of sp³-hybridized carbons (Fsp3) is 0.182. The molecule has 0 aliphatic carbocycles. The van der Waals surface area contributed by atoms with Crippen LogP contribution in [0.15, 0.2) is 29.0 Å². The molecular formula is C11H10N4O5. The Balaban J connectivity index is 2.62. The summed E-state index contributed by atoms with van der Waals surface area (Å²) in [6.45, 7) is 3.39. The van der Waals surface area contributed by atoms with Crippen LogP contribution in [0, 0.1) is 10.1 Å². The normalized spacial score (nSPS) is 10.4. The monoisotopic (exact) mass is 278 g/mol. The third-order valence-corrected chi connectivity index (χ3v) is 2.67. The lowest BCUT2D eigenvalue weighted by atomic mass is 10.2. The summed E-state index contributed by atoms with van der Waals surface area (Å²) in [7, 11) is 0. The van der Waals surface area contributed by atoms with E-state index in [-0.39, 0.29) is 35.6 Å². The Labute approximate surface area is 112 Å². The van der Waals surface area contributed by atoms with E-state index in [1.54, 1.807) is 0 Å². The first kappa shape index (κ1) is 13.6. The summed E-state index contributed by atoms with van der Waals surface area (Å²) in [5, 5.41) is 27.0. The van der Waals surface area contributed by atoms with Crippen molar-refractivity contribution in [2.24, 2.45) is 0 Å². The number of rotatable bonds is 6. The zero-order valence-electron chi connectivity index (χ0n) is 10.2. The number of carbonyl (C=O) groups is 1. The molecule has 0 atom stereocenters. The molecule has 1 N–H and O–H groups in total. The Hall–Kier alpha value is -2.81. The highest BCUT2D eigenvalue weighted by molar-refractivity contribution is 5.96. The van der Waals surface area contributed by atoms with E-state index >= 15 is 0 Å². The Morgan fingerprint density at radius 1 is 1.50 bits per heavy atom. The van der Waals surface area contributed by atoms with Gasteiger partial charge in [-0.3, -0.25) is 14.9 Å². The van der Waals surface area contributed by atoms with E-state index in [1.807, 2.05) is 0 Å². The molecule has 20 heavy (non-hydrogen) atoms. The second-order valence-electron chi connectivity index (χ2n) is 3.81. The standard InChI is InChI=1S/C11H10N4O5/c1-7(6-17)14(4-5-16)8-2-3-9(15(18)19)11-10(8)12-20-13-11/h2-3,6,16H,1,4-5H2. The van der Waals surface area contributed by atoms with Crippen LogP contribution in [-0.4, -0.2) is 39.8 Å². The fourth-order valence-electron chi connectivity index (χ4n) is 1.79. The Morgan fingerprint density at radius 2 is 2.20 bits per heavy atom. The summed E-state index contributed by atoms with van der Waals surface area (Å²) in [5.74, 6) is 0. The van der Waals surface area contributed by atoms with Crippen LogP contribution in [-0.2, 0) is 4.79 Å². The predicted octanol–water partition coefficient (Wildman–Crippen LogP) is 0.642. The number of aliphatic hydroxyl groups is 1. The van der Waals surface area contributed by atoms with Crippen LogP contribution in [0.4, 0.5) is 11.4 Å². The molecule has 0 unspecified atom stereocenters. The minimum atomic E-state index is -0.610. The molecule has 0 aliphatic heterocycles. The summed E-state index contributed by atoms with van der Waals surface area (Å²) >= 11 is 0. The summed E-state index contributed by atoms with van der Waals surface area (Å²) in [6, 6.07) is 2.62. The van der Waals surface area contributed by atoms with Gasteiger partial charge in [0.1, 0.15) is 0 Å². The van der Waals surface area contributed by atoms with Gasteiger partial charge in [0.15, 0.2) is 11.8 Å². The number of hydrogen-bond donors (Lipinski definition) is 1. The highest BCUT2D eigenvalue weighted by Gasteiger charge is 2.23. The number of aromatic nitrogens is 2. The molecule has 0 saturated heterocycles. The van der Waals surface area contributed by atoms with E-state index in [1.165, 1.54) is 17.0 Å². The molecule has 9 nitrogen and oxygen atoms in total. The number of aliphatic hydroxyl groups excluding tert-OH is 1. The first-order valence-electron chi connectivity index (χ1n) is 5.52. The highest BCUT2D eigenvalue weighted by atomic mass is 16.6. The lowest BCUT2D eigenvalue weighted by Gasteiger charge is -2.22. The van der Waals surface area contributed by atoms with Crippen LogP contribution in [0.5, 0.6) is 0 Å². The van der Waals surface area contributed by atoms with Crippen molar-refractivity contribution < 1.29 is 19.5 Å². The van der Waals surface area contributed by atoms with Gasteiger partial charge in [-0.2, -0.15) is 0 Å². The summed E-state index contributed by atoms with van der Waals surface area (Å²) in [5.41, 5.74) is 0.255. The van der Waals surface area contributed by atoms with E-state index in [2.05, 4.69) is 21.5 Å². The summed E-state index contributed by atoms with van der Waals surface area (Å²) < 4.78 is 4.53. The molecule has 0 amide bonds. The van der Waals surface area contributed by atoms with Gasteiger partial charge in [-0.15, -0.1) is 0 Å². The minimum absolute atomic E-state index is 0.0332. The molecule has 0 spiro atoms. The first-order chi connectivity index (χ1) is 9.60. The van der Waals surface area contributed by atoms with Crippen molar-refractivity contribution in [3.63, 3.8) is 0 Å². The molecule has 9 heteroatoms. The lowest BCUT2D eigenvalue weighted by Crippen LogP contribution is -2.26. The highest BCUT2D eigenvalue weighted by Crippen LogP contribution is 2.32. The lowest BCUT2D eigenvalue weighted by molar-refractivity contribution is -0.383. The number of nitrogens with zero attached hydrogens (tertiary/aromatic N) is 4. The van der Waals surface area contributed by atoms with Crippen molar-refractivity contribution in [2.45, 2.75) is 0 Å². The maximum Gasteiger partial charge on any atom is 0.300 e. The smallest absolute Gasteiger partial charge is 0.300 e. The van der Waals surface area contributed by atoms with Crippen molar-refractivity contribution >= 4 is 28.7 Å². The van der Waals surface area contributed by atoms with Gasteiger partial charge in [0.25, 0.3) is 0 Å². The van der Waals surface area contributed by atoms with Gasteiger partial charge in [-0.05, 0) is 16.4 Å². The number of aldehydes is 1. The minimum Gasteiger partial charge on any atom is -0.395 e. The zero-order chi connectivity index (χ0) is 14.7. The molecule has 0 radical (unpaired) electrons. The number of carbonyl (C=O) groups excluding carboxylic acids is 1. The Kier molecular flexibility index (Phi) is 3.71. The number of fused-ring (bicyclic) bond motifs is 1. The van der Waals surface area contributed by atoms with Crippen molar-refractivity contribution in [1.29, 1.82) is 0 Å². The van der Waals surface area contributed by atoms with Crippen LogP contribution in [0.2, 0.25) is 0 Å². The van der Waals surface area contributed by atoms with Gasteiger partial charge in [-0.25, -0.2) is 4.63 Å². The van der Waals surface area contributed by atoms with Crippen molar-refractivity contribution in [1.82, 2.24) is 10.3 Å². The number of hydrogen-bond acceptors (Lipinski definition) is 8. The van der Waals surface area contributed by atoms with Crippen LogP contribution >= 0.6 is 0 Å². The van der Waals surface area contributed by atoms with E-state index in [9.17, 15) is 14.9 Å². The van der Waals surface area contributed by atoms with E-state index < -0.39 is 4.92 Å². The van der Waals surface area contributed by atoms with Gasteiger partial charge >= 0.3 is 5.69 Å². The SMILES string of the molecule is C=C(C=O)N(CCO)c1ccc([N+](=O)[O-])c2nonc12. The first-order valence-corrected chi connectivity index (χ1v) is 5.52. The maximum atomic E-state index is 10.9. The molecule has 104 valence electrons. The molecule has 0 aliphatic rings. The van der Waals surface area contributed by atoms with Gasteiger partial charge in [0.2, 0.25) is 5.52 Å². The van der Waals surface area contributed by atoms with Crippen LogP contribution in [0.3, 0.4) is 0 Å². The van der Waals surface area contributed by atoms with Crippen molar-refractivity contribution in [2.75, 3.05) is 18.1 Å². The van der Waals surface area contributed by atoms with E-state index in [0.29, 0.717) is 12.0 Å². The third kappa shape index (κ3) is 2.21. The van der Waals surface area contributed by atoms with Crippen molar-refractivity contribution in [3.8, 4) is 0 Å². The van der Waals surface area contributed by atoms with Gasteiger partial charge in [-0.1, -0.05) is 6.58 Å². The number of anilines is 1. The molecule has 0 bridgehead atoms. The molecule has 1 aromatic carbocycles. The second-order valence-corrected chi connectivity index (χ2v) is 3.81. The largest absolute Gasteiger partial charge is 0.395 e. The average molecular weight is 278 g/mol. The van der Waals surface area contributed by atoms with Crippen molar-refractivity contribution in [3.05, 3.63) is 34.5 Å². The number of nitro groups is 1. The molecule has 1 aromatic heterocycles. The number of non-ortho nitro benzene ring substituents is 1. The third-order valence-electron chi connectivity index (χ3n) is 2.67. The molecule has 2 rings (SSSR count).